The summed E-state index contributed by atoms with van der Waals surface area (Å²) >= 11 is 5.83. The lowest BCUT2D eigenvalue weighted by molar-refractivity contribution is -0.125. The summed E-state index contributed by atoms with van der Waals surface area (Å²) in [4.78, 5) is 35.8. The summed E-state index contributed by atoms with van der Waals surface area (Å²) in [6.07, 6.45) is 0.731. The summed E-state index contributed by atoms with van der Waals surface area (Å²) < 4.78 is 10.2. The van der Waals surface area contributed by atoms with Crippen LogP contribution in [0.2, 0.25) is 5.02 Å². The Kier molecular flexibility index (Phi) is 5.29. The predicted molar refractivity (Wildman–Crippen MR) is 90.3 cm³/mol. The Bertz CT molecular complexity index is 840. The largest absolute Gasteiger partial charge is 0.450 e. The molecule has 0 aliphatic rings. The van der Waals surface area contributed by atoms with Gasteiger partial charge in [-0.1, -0.05) is 18.5 Å². The van der Waals surface area contributed by atoms with E-state index in [0.29, 0.717) is 5.02 Å². The summed E-state index contributed by atoms with van der Waals surface area (Å²) in [5.41, 5.74) is -0.587. The molecule has 1 amide bonds. The molecule has 0 unspecified atom stereocenters. The van der Waals surface area contributed by atoms with Crippen LogP contribution in [-0.4, -0.2) is 24.0 Å². The standard InChI is InChI=1S/C17H18ClNO5/c1-4-17(2,3)19-15(21)9-23-16(22)14-8-12(20)11-7-10(18)5-6-13(11)24-14/h5-8H,4,9H2,1-3H3,(H,19,21). The van der Waals surface area contributed by atoms with Crippen LogP contribution in [0.4, 0.5) is 0 Å². The first-order valence-electron chi connectivity index (χ1n) is 7.43. The van der Waals surface area contributed by atoms with E-state index in [1.54, 1.807) is 6.07 Å². The van der Waals surface area contributed by atoms with Gasteiger partial charge in [0.25, 0.3) is 5.91 Å². The van der Waals surface area contributed by atoms with Gasteiger partial charge in [-0.05, 0) is 38.5 Å². The molecule has 7 heteroatoms. The predicted octanol–water partition coefficient (Wildman–Crippen LogP) is 2.91. The molecule has 0 saturated carbocycles. The van der Waals surface area contributed by atoms with Gasteiger partial charge in [0.15, 0.2) is 12.0 Å². The van der Waals surface area contributed by atoms with E-state index in [-0.39, 0.29) is 16.7 Å². The third-order valence-electron chi connectivity index (χ3n) is 3.59. The van der Waals surface area contributed by atoms with Gasteiger partial charge in [-0.15, -0.1) is 0 Å². The van der Waals surface area contributed by atoms with E-state index in [1.165, 1.54) is 12.1 Å². The number of esters is 1. The van der Waals surface area contributed by atoms with Crippen LogP contribution >= 0.6 is 11.6 Å². The SMILES string of the molecule is CCC(C)(C)NC(=O)COC(=O)c1cc(=O)c2cc(Cl)ccc2o1. The monoisotopic (exact) mass is 351 g/mol. The van der Waals surface area contributed by atoms with Crippen molar-refractivity contribution in [1.82, 2.24) is 5.32 Å². The van der Waals surface area contributed by atoms with E-state index in [2.05, 4.69) is 5.32 Å². The van der Waals surface area contributed by atoms with Gasteiger partial charge >= 0.3 is 5.97 Å². The average Bonchev–Trinajstić information content (AvgIpc) is 2.52. The summed E-state index contributed by atoms with van der Waals surface area (Å²) in [5.74, 6) is -1.57. The Morgan fingerprint density at radius 1 is 1.29 bits per heavy atom. The van der Waals surface area contributed by atoms with Crippen LogP contribution in [0.3, 0.4) is 0 Å². The number of rotatable bonds is 5. The van der Waals surface area contributed by atoms with E-state index in [0.717, 1.165) is 12.5 Å². The molecule has 24 heavy (non-hydrogen) atoms. The molecule has 0 radical (unpaired) electrons. The highest BCUT2D eigenvalue weighted by Gasteiger charge is 2.20. The van der Waals surface area contributed by atoms with Crippen molar-refractivity contribution in [2.24, 2.45) is 0 Å². The first-order chi connectivity index (χ1) is 11.2. The fourth-order valence-electron chi connectivity index (χ4n) is 1.93. The van der Waals surface area contributed by atoms with Gasteiger partial charge in [0, 0.05) is 16.6 Å². The minimum atomic E-state index is -0.881. The number of hydrogen-bond donors (Lipinski definition) is 1. The molecule has 0 saturated heterocycles. The van der Waals surface area contributed by atoms with E-state index >= 15 is 0 Å². The number of benzene rings is 1. The van der Waals surface area contributed by atoms with Crippen LogP contribution in [0, 0.1) is 0 Å². The van der Waals surface area contributed by atoms with Crippen LogP contribution in [0.15, 0.2) is 33.5 Å². The lowest BCUT2D eigenvalue weighted by Crippen LogP contribution is -2.44. The fourth-order valence-corrected chi connectivity index (χ4v) is 2.11. The van der Waals surface area contributed by atoms with Gasteiger partial charge in [0.1, 0.15) is 5.58 Å². The number of hydrogen-bond acceptors (Lipinski definition) is 5. The second kappa shape index (κ2) is 7.05. The summed E-state index contributed by atoms with van der Waals surface area (Å²) in [6, 6.07) is 5.52. The normalized spacial score (nSPS) is 11.3. The maximum absolute atomic E-state index is 12.0. The number of nitrogens with one attached hydrogen (secondary N) is 1. The Morgan fingerprint density at radius 3 is 2.67 bits per heavy atom. The summed E-state index contributed by atoms with van der Waals surface area (Å²) in [6.45, 7) is 5.20. The molecule has 2 aromatic rings. The van der Waals surface area contributed by atoms with Gasteiger partial charge in [0.2, 0.25) is 5.76 Å². The van der Waals surface area contributed by atoms with Gasteiger partial charge in [-0.3, -0.25) is 9.59 Å². The van der Waals surface area contributed by atoms with Crippen LogP contribution in [0.5, 0.6) is 0 Å². The van der Waals surface area contributed by atoms with Gasteiger partial charge < -0.3 is 14.5 Å². The molecule has 0 aliphatic heterocycles. The number of carbonyl (C=O) groups excluding carboxylic acids is 2. The molecule has 1 aromatic carbocycles. The topological polar surface area (TPSA) is 85.6 Å². The lowest BCUT2D eigenvalue weighted by Gasteiger charge is -2.24. The molecule has 0 atom stereocenters. The molecule has 128 valence electrons. The van der Waals surface area contributed by atoms with Crippen molar-refractivity contribution in [3.63, 3.8) is 0 Å². The zero-order valence-electron chi connectivity index (χ0n) is 13.6. The highest BCUT2D eigenvalue weighted by molar-refractivity contribution is 6.31. The molecule has 0 bridgehead atoms. The van der Waals surface area contributed by atoms with Gasteiger partial charge in [-0.25, -0.2) is 4.79 Å². The highest BCUT2D eigenvalue weighted by Crippen LogP contribution is 2.18. The maximum Gasteiger partial charge on any atom is 0.374 e. The van der Waals surface area contributed by atoms with Crippen LogP contribution < -0.4 is 10.7 Å². The van der Waals surface area contributed by atoms with E-state index in [1.807, 2.05) is 20.8 Å². The van der Waals surface area contributed by atoms with Crippen molar-refractivity contribution < 1.29 is 18.7 Å². The lowest BCUT2D eigenvalue weighted by atomic mass is 10.0. The number of halogens is 1. The molecule has 1 N–H and O–H groups in total. The summed E-state index contributed by atoms with van der Waals surface area (Å²) in [5, 5.41) is 3.39. The Morgan fingerprint density at radius 2 is 2.00 bits per heavy atom. The number of ether oxygens (including phenoxy) is 1. The quantitative estimate of drug-likeness (QED) is 0.837. The number of amides is 1. The van der Waals surface area contributed by atoms with Gasteiger partial charge in [-0.2, -0.15) is 0 Å². The maximum atomic E-state index is 12.0. The van der Waals surface area contributed by atoms with Gasteiger partial charge in [0.05, 0.1) is 5.39 Å². The van der Waals surface area contributed by atoms with Crippen molar-refractivity contribution >= 4 is 34.4 Å². The first-order valence-corrected chi connectivity index (χ1v) is 7.81. The average molecular weight is 352 g/mol. The molecule has 1 heterocycles. The van der Waals surface area contributed by atoms with E-state index < -0.39 is 29.5 Å². The second-order valence-electron chi connectivity index (χ2n) is 5.98. The molecule has 1 aromatic heterocycles. The molecule has 0 fully saturated rings. The first kappa shape index (κ1) is 18.0. The zero-order valence-corrected chi connectivity index (χ0v) is 14.4. The Labute approximate surface area is 143 Å². The van der Waals surface area contributed by atoms with Crippen LogP contribution in [0.25, 0.3) is 11.0 Å². The Hall–Kier alpha value is -2.34. The molecule has 0 aliphatic carbocycles. The van der Waals surface area contributed by atoms with Crippen molar-refractivity contribution in [3.05, 3.63) is 45.3 Å². The van der Waals surface area contributed by atoms with Crippen molar-refractivity contribution in [2.45, 2.75) is 32.7 Å². The number of fused-ring (bicyclic) bond motifs is 1. The second-order valence-corrected chi connectivity index (χ2v) is 6.41. The van der Waals surface area contributed by atoms with Crippen molar-refractivity contribution in [1.29, 1.82) is 0 Å². The molecular weight excluding hydrogens is 334 g/mol. The van der Waals surface area contributed by atoms with Crippen molar-refractivity contribution in [2.75, 3.05) is 6.61 Å². The third kappa shape index (κ3) is 4.35. The molecule has 2 rings (SSSR count). The van der Waals surface area contributed by atoms with Crippen LogP contribution in [0.1, 0.15) is 37.7 Å². The van der Waals surface area contributed by atoms with E-state index in [9.17, 15) is 14.4 Å². The fraction of sp³-hybridized carbons (Fsp3) is 0.353. The smallest absolute Gasteiger partial charge is 0.374 e. The minimum absolute atomic E-state index is 0.218. The summed E-state index contributed by atoms with van der Waals surface area (Å²) in [7, 11) is 0. The molecular formula is C17H18ClNO5. The Balaban J connectivity index is 2.10. The number of carbonyl (C=O) groups is 2. The molecule has 0 spiro atoms. The van der Waals surface area contributed by atoms with Crippen LogP contribution in [-0.2, 0) is 9.53 Å². The zero-order chi connectivity index (χ0) is 17.9. The third-order valence-corrected chi connectivity index (χ3v) is 3.82. The highest BCUT2D eigenvalue weighted by atomic mass is 35.5. The minimum Gasteiger partial charge on any atom is -0.450 e. The van der Waals surface area contributed by atoms with E-state index in [4.69, 9.17) is 20.8 Å². The van der Waals surface area contributed by atoms with Crippen molar-refractivity contribution in [3.8, 4) is 0 Å². The molecule has 6 nitrogen and oxygen atoms in total.